The minimum Gasteiger partial charge on any atom is -0.478 e. The van der Waals surface area contributed by atoms with E-state index in [0.29, 0.717) is 25.1 Å². The number of carbonyl (C=O) groups is 2. The van der Waals surface area contributed by atoms with Crippen LogP contribution in [0.5, 0.6) is 5.75 Å². The van der Waals surface area contributed by atoms with Gasteiger partial charge in [-0.25, -0.2) is 0 Å². The first kappa shape index (κ1) is 16.5. The number of ether oxygens (including phenoxy) is 1. The number of fused-ring (bicyclic) bond motifs is 1. The van der Waals surface area contributed by atoms with Crippen LogP contribution in [0.3, 0.4) is 0 Å². The van der Waals surface area contributed by atoms with Crippen molar-refractivity contribution in [3.8, 4) is 5.75 Å². The Kier molecular flexibility index (Phi) is 5.15. The number of amides is 2. The van der Waals surface area contributed by atoms with Crippen LogP contribution in [0.15, 0.2) is 41.8 Å². The molecule has 2 heterocycles. The van der Waals surface area contributed by atoms with E-state index in [1.54, 1.807) is 23.3 Å². The smallest absolute Gasteiger partial charge is 0.267 e. The monoisotopic (exact) mass is 344 g/mol. The SMILES string of the molecule is CN1C(=O)C(CCNC(=O)CCc2cccs2)Oc2ccccc21. The molecule has 2 amide bonds. The lowest BCUT2D eigenvalue weighted by Crippen LogP contribution is -2.45. The first-order valence-electron chi connectivity index (χ1n) is 7.97. The van der Waals surface area contributed by atoms with E-state index in [1.165, 1.54) is 4.88 Å². The lowest BCUT2D eigenvalue weighted by atomic mass is 10.1. The minimum absolute atomic E-state index is 0.000383. The molecule has 1 atom stereocenters. The van der Waals surface area contributed by atoms with Crippen molar-refractivity contribution >= 4 is 28.8 Å². The Morgan fingerprint density at radius 2 is 2.12 bits per heavy atom. The molecule has 3 rings (SSSR count). The highest BCUT2D eigenvalue weighted by molar-refractivity contribution is 7.09. The second kappa shape index (κ2) is 7.49. The molecule has 0 fully saturated rings. The topological polar surface area (TPSA) is 58.6 Å². The van der Waals surface area contributed by atoms with Gasteiger partial charge in [-0.1, -0.05) is 18.2 Å². The molecule has 0 spiro atoms. The van der Waals surface area contributed by atoms with E-state index in [1.807, 2.05) is 41.8 Å². The third-order valence-electron chi connectivity index (χ3n) is 4.01. The van der Waals surface area contributed by atoms with Crippen molar-refractivity contribution in [3.05, 3.63) is 46.7 Å². The fourth-order valence-electron chi connectivity index (χ4n) is 2.68. The molecule has 1 N–H and O–H groups in total. The molecule has 1 aromatic carbocycles. The third-order valence-corrected chi connectivity index (χ3v) is 4.95. The number of rotatable bonds is 6. The van der Waals surface area contributed by atoms with Crippen LogP contribution < -0.4 is 15.0 Å². The molecule has 6 heteroatoms. The maximum atomic E-state index is 12.3. The van der Waals surface area contributed by atoms with Crippen LogP contribution in [0.2, 0.25) is 0 Å². The van der Waals surface area contributed by atoms with Gasteiger partial charge in [0.25, 0.3) is 5.91 Å². The first-order valence-corrected chi connectivity index (χ1v) is 8.85. The lowest BCUT2D eigenvalue weighted by molar-refractivity contribution is -0.127. The van der Waals surface area contributed by atoms with E-state index in [9.17, 15) is 9.59 Å². The molecule has 0 saturated heterocycles. The van der Waals surface area contributed by atoms with Gasteiger partial charge in [-0.2, -0.15) is 0 Å². The molecule has 0 saturated carbocycles. The van der Waals surface area contributed by atoms with Gasteiger partial charge in [0.2, 0.25) is 5.91 Å². The number of thiophene rings is 1. The number of aryl methyl sites for hydroxylation is 1. The third kappa shape index (κ3) is 3.76. The quantitative estimate of drug-likeness (QED) is 0.876. The molecule has 1 unspecified atom stereocenters. The number of nitrogens with zero attached hydrogens (tertiary/aromatic N) is 1. The number of anilines is 1. The van der Waals surface area contributed by atoms with Gasteiger partial charge in [0.1, 0.15) is 5.75 Å². The molecular weight excluding hydrogens is 324 g/mol. The van der Waals surface area contributed by atoms with Gasteiger partial charge in [0, 0.05) is 31.3 Å². The van der Waals surface area contributed by atoms with Gasteiger partial charge < -0.3 is 15.0 Å². The fraction of sp³-hybridized carbons (Fsp3) is 0.333. The zero-order chi connectivity index (χ0) is 16.9. The van der Waals surface area contributed by atoms with Crippen molar-refractivity contribution < 1.29 is 14.3 Å². The number of para-hydroxylation sites is 2. The zero-order valence-corrected chi connectivity index (χ0v) is 14.3. The molecule has 5 nitrogen and oxygen atoms in total. The summed E-state index contributed by atoms with van der Waals surface area (Å²) in [5.41, 5.74) is 0.777. The zero-order valence-electron chi connectivity index (χ0n) is 13.5. The number of hydrogen-bond donors (Lipinski definition) is 1. The van der Waals surface area contributed by atoms with E-state index in [2.05, 4.69) is 5.32 Å². The summed E-state index contributed by atoms with van der Waals surface area (Å²) in [5.74, 6) is 0.621. The predicted octanol–water partition coefficient (Wildman–Crippen LogP) is 2.61. The summed E-state index contributed by atoms with van der Waals surface area (Å²) >= 11 is 1.66. The average Bonchev–Trinajstić information content (AvgIpc) is 3.11. The fourth-order valence-corrected chi connectivity index (χ4v) is 3.39. The predicted molar refractivity (Wildman–Crippen MR) is 94.5 cm³/mol. The number of hydrogen-bond acceptors (Lipinski definition) is 4. The Bertz CT molecular complexity index is 715. The molecule has 1 aliphatic heterocycles. The van der Waals surface area contributed by atoms with Crippen LogP contribution in [-0.4, -0.2) is 31.5 Å². The normalized spacial score (nSPS) is 16.5. The van der Waals surface area contributed by atoms with Gasteiger partial charge in [-0.15, -0.1) is 11.3 Å². The Morgan fingerprint density at radius 1 is 1.29 bits per heavy atom. The molecule has 1 aliphatic rings. The van der Waals surface area contributed by atoms with Crippen LogP contribution in [0.25, 0.3) is 0 Å². The van der Waals surface area contributed by atoms with Gasteiger partial charge in [0.15, 0.2) is 6.10 Å². The van der Waals surface area contributed by atoms with Gasteiger partial charge in [0.05, 0.1) is 5.69 Å². The summed E-state index contributed by atoms with van der Waals surface area (Å²) in [7, 11) is 1.75. The summed E-state index contributed by atoms with van der Waals surface area (Å²) in [5, 5.41) is 4.87. The molecular formula is C18H20N2O3S. The molecule has 1 aromatic heterocycles. The summed E-state index contributed by atoms with van der Waals surface area (Å²) < 4.78 is 5.77. The standard InChI is InChI=1S/C18H20N2O3S/c1-20-14-6-2-3-7-15(14)23-16(18(20)22)10-11-19-17(21)9-8-13-5-4-12-24-13/h2-7,12,16H,8-11H2,1H3,(H,19,21). The minimum atomic E-state index is -0.553. The second-order valence-electron chi connectivity index (χ2n) is 5.69. The van der Waals surface area contributed by atoms with E-state index in [-0.39, 0.29) is 11.8 Å². The second-order valence-corrected chi connectivity index (χ2v) is 6.72. The van der Waals surface area contributed by atoms with Crippen molar-refractivity contribution in [2.24, 2.45) is 0 Å². The van der Waals surface area contributed by atoms with Crippen molar-refractivity contribution in [2.75, 3.05) is 18.5 Å². The Labute approximate surface area is 145 Å². The van der Waals surface area contributed by atoms with E-state index in [4.69, 9.17) is 4.74 Å². The van der Waals surface area contributed by atoms with Gasteiger partial charge in [-0.05, 0) is 30.0 Å². The van der Waals surface area contributed by atoms with Crippen LogP contribution in [0, 0.1) is 0 Å². The Balaban J connectivity index is 1.46. The van der Waals surface area contributed by atoms with Crippen molar-refractivity contribution in [2.45, 2.75) is 25.4 Å². The first-order chi connectivity index (χ1) is 11.6. The van der Waals surface area contributed by atoms with E-state index >= 15 is 0 Å². The maximum absolute atomic E-state index is 12.3. The average molecular weight is 344 g/mol. The van der Waals surface area contributed by atoms with E-state index < -0.39 is 6.10 Å². The summed E-state index contributed by atoms with van der Waals surface area (Å²) in [6, 6.07) is 11.5. The van der Waals surface area contributed by atoms with E-state index in [0.717, 1.165) is 12.1 Å². The molecule has 24 heavy (non-hydrogen) atoms. The van der Waals surface area contributed by atoms with Crippen molar-refractivity contribution in [1.29, 1.82) is 0 Å². The van der Waals surface area contributed by atoms with Crippen molar-refractivity contribution in [1.82, 2.24) is 5.32 Å². The largest absolute Gasteiger partial charge is 0.478 e. The van der Waals surface area contributed by atoms with Crippen LogP contribution in [0.1, 0.15) is 17.7 Å². The summed E-state index contributed by atoms with van der Waals surface area (Å²) in [4.78, 5) is 27.0. The molecule has 2 aromatic rings. The molecule has 0 bridgehead atoms. The Morgan fingerprint density at radius 3 is 2.92 bits per heavy atom. The van der Waals surface area contributed by atoms with Crippen LogP contribution in [-0.2, 0) is 16.0 Å². The number of carbonyl (C=O) groups excluding carboxylic acids is 2. The van der Waals surface area contributed by atoms with Crippen LogP contribution >= 0.6 is 11.3 Å². The highest BCUT2D eigenvalue weighted by atomic mass is 32.1. The molecule has 0 radical (unpaired) electrons. The van der Waals surface area contributed by atoms with Gasteiger partial charge >= 0.3 is 0 Å². The summed E-state index contributed by atoms with van der Waals surface area (Å²) in [6.45, 7) is 0.426. The molecule has 0 aliphatic carbocycles. The van der Waals surface area contributed by atoms with Crippen LogP contribution in [0.4, 0.5) is 5.69 Å². The molecule has 126 valence electrons. The number of benzene rings is 1. The lowest BCUT2D eigenvalue weighted by Gasteiger charge is -2.31. The Hall–Kier alpha value is -2.34. The number of likely N-dealkylation sites (N-methyl/N-ethyl adjacent to an activating group) is 1. The van der Waals surface area contributed by atoms with Crippen molar-refractivity contribution in [3.63, 3.8) is 0 Å². The highest BCUT2D eigenvalue weighted by Crippen LogP contribution is 2.33. The highest BCUT2D eigenvalue weighted by Gasteiger charge is 2.31. The van der Waals surface area contributed by atoms with Gasteiger partial charge in [-0.3, -0.25) is 9.59 Å². The summed E-state index contributed by atoms with van der Waals surface area (Å²) in [6.07, 6.45) is 1.12. The maximum Gasteiger partial charge on any atom is 0.267 e. The number of nitrogens with one attached hydrogen (secondary N) is 1.